The number of esters is 3. The molecule has 1 atom stereocenters. The fourth-order valence-corrected chi connectivity index (χ4v) is 8.05. The summed E-state index contributed by atoms with van der Waals surface area (Å²) in [5, 5.41) is 0. The van der Waals surface area contributed by atoms with E-state index in [1.165, 1.54) is 167 Å². The monoisotopic (exact) mass is 885 g/mol. The molecule has 0 amide bonds. The van der Waals surface area contributed by atoms with E-state index in [0.717, 1.165) is 83.5 Å². The minimum atomic E-state index is -0.771. The average Bonchev–Trinajstić information content (AvgIpc) is 3.28. The van der Waals surface area contributed by atoms with Gasteiger partial charge in [0, 0.05) is 19.3 Å². The number of ether oxygens (including phenoxy) is 3. The Kier molecular flexibility index (Phi) is 50.3. The van der Waals surface area contributed by atoms with Gasteiger partial charge in [-0.15, -0.1) is 0 Å². The number of carbonyl (C=O) groups is 3. The van der Waals surface area contributed by atoms with Crippen molar-refractivity contribution in [3.05, 3.63) is 36.5 Å². The molecule has 0 radical (unpaired) electrons. The molecule has 0 N–H and O–H groups in total. The molecule has 0 aromatic heterocycles. The molecule has 6 heteroatoms. The van der Waals surface area contributed by atoms with Crippen LogP contribution in [0.3, 0.4) is 0 Å². The fraction of sp³-hybridized carbons (Fsp3) is 0.842. The Morgan fingerprint density at radius 2 is 0.619 bits per heavy atom. The van der Waals surface area contributed by atoms with Crippen molar-refractivity contribution >= 4 is 17.9 Å². The Hall–Kier alpha value is -2.37. The standard InChI is InChI=1S/C57H104O6/c1-4-7-10-13-16-19-21-23-25-27-28-29-31-32-34-36-38-41-44-47-50-56(59)62-53-54(52-61-55(58)49-46-43-40-18-15-12-9-6-3)63-57(60)51-48-45-42-39-37-35-33-30-26-24-22-20-17-14-11-8-5-2/h8,11,17,20,24,26,54H,4-7,9-10,12-16,18-19,21-23,25,27-53H2,1-3H3/b11-8-,20-17-,26-24-. The molecule has 0 fully saturated rings. The van der Waals surface area contributed by atoms with E-state index < -0.39 is 6.10 Å². The van der Waals surface area contributed by atoms with Crippen molar-refractivity contribution in [3.63, 3.8) is 0 Å². The molecular formula is C57H104O6. The van der Waals surface area contributed by atoms with E-state index in [1.807, 2.05) is 0 Å². The molecule has 0 spiro atoms. The summed E-state index contributed by atoms with van der Waals surface area (Å²) in [6, 6.07) is 0. The van der Waals surface area contributed by atoms with Crippen LogP contribution < -0.4 is 0 Å². The van der Waals surface area contributed by atoms with Gasteiger partial charge in [0.15, 0.2) is 6.10 Å². The second kappa shape index (κ2) is 52.3. The van der Waals surface area contributed by atoms with Crippen molar-refractivity contribution in [2.75, 3.05) is 13.2 Å². The first-order chi connectivity index (χ1) is 31.0. The predicted octanol–water partition coefficient (Wildman–Crippen LogP) is 18.1. The van der Waals surface area contributed by atoms with E-state index in [2.05, 4.69) is 57.2 Å². The van der Waals surface area contributed by atoms with Gasteiger partial charge in [0.1, 0.15) is 13.2 Å². The van der Waals surface area contributed by atoms with E-state index in [4.69, 9.17) is 14.2 Å². The van der Waals surface area contributed by atoms with Crippen LogP contribution in [0.1, 0.15) is 290 Å². The second-order valence-electron chi connectivity index (χ2n) is 18.5. The topological polar surface area (TPSA) is 78.9 Å². The Labute approximate surface area is 391 Å². The zero-order valence-electron chi connectivity index (χ0n) is 42.1. The van der Waals surface area contributed by atoms with Gasteiger partial charge >= 0.3 is 17.9 Å². The fourth-order valence-electron chi connectivity index (χ4n) is 8.05. The number of rotatable bonds is 50. The van der Waals surface area contributed by atoms with Crippen molar-refractivity contribution in [2.24, 2.45) is 0 Å². The van der Waals surface area contributed by atoms with Gasteiger partial charge in [-0.3, -0.25) is 14.4 Å². The maximum atomic E-state index is 12.8. The molecule has 6 nitrogen and oxygen atoms in total. The lowest BCUT2D eigenvalue weighted by atomic mass is 10.0. The van der Waals surface area contributed by atoms with Crippen LogP contribution >= 0.6 is 0 Å². The first-order valence-corrected chi connectivity index (χ1v) is 27.5. The predicted molar refractivity (Wildman–Crippen MR) is 270 cm³/mol. The lowest BCUT2D eigenvalue weighted by molar-refractivity contribution is -0.167. The minimum absolute atomic E-state index is 0.0721. The van der Waals surface area contributed by atoms with E-state index in [0.29, 0.717) is 19.3 Å². The molecule has 0 bridgehead atoms. The molecule has 0 aliphatic carbocycles. The van der Waals surface area contributed by atoms with Crippen LogP contribution in [0.4, 0.5) is 0 Å². The van der Waals surface area contributed by atoms with Crippen molar-refractivity contribution < 1.29 is 28.6 Å². The molecular weight excluding hydrogens is 781 g/mol. The normalized spacial score (nSPS) is 12.2. The van der Waals surface area contributed by atoms with E-state index >= 15 is 0 Å². The highest BCUT2D eigenvalue weighted by Crippen LogP contribution is 2.17. The van der Waals surface area contributed by atoms with Crippen LogP contribution in [0, 0.1) is 0 Å². The lowest BCUT2D eigenvalue weighted by Gasteiger charge is -2.18. The summed E-state index contributed by atoms with van der Waals surface area (Å²) in [5.74, 6) is -0.872. The molecule has 0 aliphatic rings. The van der Waals surface area contributed by atoms with Crippen LogP contribution in [0.5, 0.6) is 0 Å². The molecule has 1 unspecified atom stereocenters. The Bertz CT molecular complexity index is 1060. The van der Waals surface area contributed by atoms with Gasteiger partial charge in [0.2, 0.25) is 0 Å². The van der Waals surface area contributed by atoms with Crippen molar-refractivity contribution in [1.82, 2.24) is 0 Å². The SMILES string of the molecule is CC/C=C\C/C=C\C/C=C\CCCCCCCCCC(=O)OC(COC(=O)CCCCCCCCCC)COC(=O)CCCCCCCCCCCCCCCCCCCCCC. The summed E-state index contributed by atoms with van der Waals surface area (Å²) in [7, 11) is 0. The molecule has 0 aliphatic heterocycles. The first kappa shape index (κ1) is 60.6. The molecule has 0 heterocycles. The van der Waals surface area contributed by atoms with Crippen LogP contribution in [0.25, 0.3) is 0 Å². The average molecular weight is 885 g/mol. The summed E-state index contributed by atoms with van der Waals surface area (Å²) >= 11 is 0. The molecule has 368 valence electrons. The highest BCUT2D eigenvalue weighted by atomic mass is 16.6. The Balaban J connectivity index is 4.22. The lowest BCUT2D eigenvalue weighted by Crippen LogP contribution is -2.30. The number of carbonyl (C=O) groups excluding carboxylic acids is 3. The summed E-state index contributed by atoms with van der Waals surface area (Å²) in [5.41, 5.74) is 0. The molecule has 0 rings (SSSR count). The third kappa shape index (κ3) is 50.5. The Morgan fingerprint density at radius 1 is 0.333 bits per heavy atom. The number of hydrogen-bond donors (Lipinski definition) is 0. The number of hydrogen-bond acceptors (Lipinski definition) is 6. The second-order valence-corrected chi connectivity index (χ2v) is 18.5. The van der Waals surface area contributed by atoms with Gasteiger partial charge in [0.05, 0.1) is 0 Å². The first-order valence-electron chi connectivity index (χ1n) is 27.5. The van der Waals surface area contributed by atoms with Gasteiger partial charge < -0.3 is 14.2 Å². The minimum Gasteiger partial charge on any atom is -0.462 e. The van der Waals surface area contributed by atoms with E-state index in [9.17, 15) is 14.4 Å². The summed E-state index contributed by atoms with van der Waals surface area (Å²) < 4.78 is 16.8. The molecule has 0 aromatic rings. The maximum absolute atomic E-state index is 12.8. The smallest absolute Gasteiger partial charge is 0.306 e. The highest BCUT2D eigenvalue weighted by Gasteiger charge is 2.19. The summed E-state index contributed by atoms with van der Waals surface area (Å²) in [6.07, 6.45) is 61.5. The molecule has 0 saturated carbocycles. The summed E-state index contributed by atoms with van der Waals surface area (Å²) in [6.45, 7) is 6.53. The summed E-state index contributed by atoms with van der Waals surface area (Å²) in [4.78, 5) is 37.9. The van der Waals surface area contributed by atoms with Crippen molar-refractivity contribution in [1.29, 1.82) is 0 Å². The molecule has 0 saturated heterocycles. The van der Waals surface area contributed by atoms with Crippen LogP contribution in [0.15, 0.2) is 36.5 Å². The maximum Gasteiger partial charge on any atom is 0.306 e. The van der Waals surface area contributed by atoms with E-state index in [1.54, 1.807) is 0 Å². The van der Waals surface area contributed by atoms with Crippen LogP contribution in [-0.2, 0) is 28.6 Å². The van der Waals surface area contributed by atoms with Crippen molar-refractivity contribution in [3.8, 4) is 0 Å². The van der Waals surface area contributed by atoms with Crippen molar-refractivity contribution in [2.45, 2.75) is 297 Å². The zero-order chi connectivity index (χ0) is 45.8. The van der Waals surface area contributed by atoms with Gasteiger partial charge in [-0.05, 0) is 51.4 Å². The number of unbranched alkanes of at least 4 members (excludes halogenated alkanes) is 33. The van der Waals surface area contributed by atoms with Crippen LogP contribution in [-0.4, -0.2) is 37.2 Å². The quantitative estimate of drug-likeness (QED) is 0.0262. The zero-order valence-corrected chi connectivity index (χ0v) is 42.1. The third-order valence-electron chi connectivity index (χ3n) is 12.2. The molecule has 0 aromatic carbocycles. The van der Waals surface area contributed by atoms with E-state index in [-0.39, 0.29) is 31.1 Å². The molecule has 63 heavy (non-hydrogen) atoms. The van der Waals surface area contributed by atoms with Gasteiger partial charge in [-0.25, -0.2) is 0 Å². The highest BCUT2D eigenvalue weighted by molar-refractivity contribution is 5.71. The van der Waals surface area contributed by atoms with Gasteiger partial charge in [-0.2, -0.15) is 0 Å². The van der Waals surface area contributed by atoms with Crippen LogP contribution in [0.2, 0.25) is 0 Å². The third-order valence-corrected chi connectivity index (χ3v) is 12.2. The number of allylic oxidation sites excluding steroid dienone is 6. The van der Waals surface area contributed by atoms with Gasteiger partial charge in [0.25, 0.3) is 0 Å². The largest absolute Gasteiger partial charge is 0.462 e. The Morgan fingerprint density at radius 3 is 0.968 bits per heavy atom. The van der Waals surface area contributed by atoms with Gasteiger partial charge in [-0.1, -0.05) is 256 Å².